The standard InChI is InChI=1S/C19H20O4/c1-13(2)23-19(21)15-8-10-16(11-9-15)22-12-18(20)17-7-5-4-6-14(17)3/h4-11,13H,12H2,1-3H3. The smallest absolute Gasteiger partial charge is 0.338 e. The van der Waals surface area contributed by atoms with E-state index in [-0.39, 0.29) is 24.5 Å². The van der Waals surface area contributed by atoms with Gasteiger partial charge in [0.1, 0.15) is 5.75 Å². The van der Waals surface area contributed by atoms with Crippen molar-refractivity contribution in [3.63, 3.8) is 0 Å². The Bertz CT molecular complexity index is 687. The van der Waals surface area contributed by atoms with Gasteiger partial charge in [-0.05, 0) is 50.6 Å². The summed E-state index contributed by atoms with van der Waals surface area (Å²) < 4.78 is 10.6. The molecule has 0 aliphatic carbocycles. The lowest BCUT2D eigenvalue weighted by Gasteiger charge is -2.09. The van der Waals surface area contributed by atoms with Crippen LogP contribution in [-0.2, 0) is 4.74 Å². The number of rotatable bonds is 6. The normalized spacial score (nSPS) is 10.4. The average Bonchev–Trinajstić information content (AvgIpc) is 2.53. The second-order valence-corrected chi connectivity index (χ2v) is 5.51. The summed E-state index contributed by atoms with van der Waals surface area (Å²) in [6.45, 7) is 5.45. The molecule has 2 aromatic rings. The van der Waals surface area contributed by atoms with Crippen molar-refractivity contribution in [2.45, 2.75) is 26.9 Å². The van der Waals surface area contributed by atoms with Crippen molar-refractivity contribution in [2.75, 3.05) is 6.61 Å². The van der Waals surface area contributed by atoms with E-state index in [0.717, 1.165) is 5.56 Å². The Balaban J connectivity index is 1.95. The summed E-state index contributed by atoms with van der Waals surface area (Å²) in [7, 11) is 0. The van der Waals surface area contributed by atoms with Crippen LogP contribution in [0.15, 0.2) is 48.5 Å². The van der Waals surface area contributed by atoms with Crippen molar-refractivity contribution in [1.29, 1.82) is 0 Å². The highest BCUT2D eigenvalue weighted by Crippen LogP contribution is 2.15. The van der Waals surface area contributed by atoms with Gasteiger partial charge in [-0.2, -0.15) is 0 Å². The highest BCUT2D eigenvalue weighted by molar-refractivity contribution is 5.98. The third kappa shape index (κ3) is 4.68. The number of carbonyl (C=O) groups excluding carboxylic acids is 2. The molecule has 23 heavy (non-hydrogen) atoms. The van der Waals surface area contributed by atoms with Crippen molar-refractivity contribution in [1.82, 2.24) is 0 Å². The Morgan fingerprint density at radius 2 is 1.65 bits per heavy atom. The first-order valence-electron chi connectivity index (χ1n) is 7.50. The summed E-state index contributed by atoms with van der Waals surface area (Å²) in [6, 6.07) is 14.0. The first-order valence-corrected chi connectivity index (χ1v) is 7.50. The molecule has 0 atom stereocenters. The zero-order valence-electron chi connectivity index (χ0n) is 13.5. The lowest BCUT2D eigenvalue weighted by molar-refractivity contribution is 0.0377. The second kappa shape index (κ2) is 7.58. The molecule has 0 fully saturated rings. The van der Waals surface area contributed by atoms with E-state index >= 15 is 0 Å². The van der Waals surface area contributed by atoms with Crippen LogP contribution in [0.5, 0.6) is 5.75 Å². The van der Waals surface area contributed by atoms with Crippen molar-refractivity contribution < 1.29 is 19.1 Å². The van der Waals surface area contributed by atoms with Gasteiger partial charge in [-0.1, -0.05) is 24.3 Å². The van der Waals surface area contributed by atoms with Crippen molar-refractivity contribution in [3.05, 3.63) is 65.2 Å². The molecular weight excluding hydrogens is 292 g/mol. The van der Waals surface area contributed by atoms with Crippen LogP contribution < -0.4 is 4.74 Å². The van der Waals surface area contributed by atoms with Gasteiger partial charge in [0.2, 0.25) is 0 Å². The summed E-state index contributed by atoms with van der Waals surface area (Å²) in [4.78, 5) is 23.9. The van der Waals surface area contributed by atoms with Crippen molar-refractivity contribution in [3.8, 4) is 5.75 Å². The van der Waals surface area contributed by atoms with Gasteiger partial charge in [-0.25, -0.2) is 4.79 Å². The molecule has 2 aromatic carbocycles. The number of Topliss-reactive ketones (excluding diaryl/α,β-unsaturated/α-hetero) is 1. The molecule has 4 nitrogen and oxygen atoms in total. The highest BCUT2D eigenvalue weighted by atomic mass is 16.5. The Morgan fingerprint density at radius 3 is 2.26 bits per heavy atom. The molecular formula is C19H20O4. The van der Waals surface area contributed by atoms with E-state index in [4.69, 9.17) is 9.47 Å². The van der Waals surface area contributed by atoms with Gasteiger partial charge in [0.15, 0.2) is 12.4 Å². The van der Waals surface area contributed by atoms with Crippen LogP contribution in [0, 0.1) is 6.92 Å². The quantitative estimate of drug-likeness (QED) is 0.601. The lowest BCUT2D eigenvalue weighted by Crippen LogP contribution is -2.13. The van der Waals surface area contributed by atoms with Crippen LogP contribution in [-0.4, -0.2) is 24.5 Å². The van der Waals surface area contributed by atoms with E-state index in [0.29, 0.717) is 16.9 Å². The third-order valence-corrected chi connectivity index (χ3v) is 3.25. The number of hydrogen-bond donors (Lipinski definition) is 0. The molecule has 0 unspecified atom stereocenters. The van der Waals surface area contributed by atoms with E-state index in [2.05, 4.69) is 0 Å². The molecule has 0 aromatic heterocycles. The first-order chi connectivity index (χ1) is 11.0. The number of ether oxygens (including phenoxy) is 2. The van der Waals surface area contributed by atoms with Gasteiger partial charge in [-0.15, -0.1) is 0 Å². The monoisotopic (exact) mass is 312 g/mol. The Kier molecular flexibility index (Phi) is 5.52. The number of hydrogen-bond acceptors (Lipinski definition) is 4. The van der Waals surface area contributed by atoms with Crippen LogP contribution in [0.25, 0.3) is 0 Å². The fourth-order valence-corrected chi connectivity index (χ4v) is 2.08. The molecule has 0 bridgehead atoms. The van der Waals surface area contributed by atoms with Crippen LogP contribution in [0.1, 0.15) is 40.1 Å². The predicted octanol–water partition coefficient (Wildman–Crippen LogP) is 3.82. The molecule has 0 amide bonds. The van der Waals surface area contributed by atoms with E-state index in [1.807, 2.05) is 25.1 Å². The molecule has 4 heteroatoms. The summed E-state index contributed by atoms with van der Waals surface area (Å²) in [5.41, 5.74) is 2.04. The maximum atomic E-state index is 12.1. The lowest BCUT2D eigenvalue weighted by atomic mass is 10.1. The van der Waals surface area contributed by atoms with E-state index in [1.54, 1.807) is 44.2 Å². The molecule has 0 aliphatic rings. The Morgan fingerprint density at radius 1 is 1.00 bits per heavy atom. The topological polar surface area (TPSA) is 52.6 Å². The number of benzene rings is 2. The second-order valence-electron chi connectivity index (χ2n) is 5.51. The minimum absolute atomic E-state index is 0.0410. The van der Waals surface area contributed by atoms with Crippen molar-refractivity contribution >= 4 is 11.8 Å². The predicted molar refractivity (Wildman–Crippen MR) is 88.0 cm³/mol. The molecule has 120 valence electrons. The SMILES string of the molecule is Cc1ccccc1C(=O)COc1ccc(C(=O)OC(C)C)cc1. The molecule has 2 rings (SSSR count). The maximum absolute atomic E-state index is 12.1. The van der Waals surface area contributed by atoms with Crippen LogP contribution >= 0.6 is 0 Å². The minimum atomic E-state index is -0.373. The fraction of sp³-hybridized carbons (Fsp3) is 0.263. The van der Waals surface area contributed by atoms with E-state index in [1.165, 1.54) is 0 Å². The Hall–Kier alpha value is -2.62. The Labute approximate surface area is 136 Å². The fourth-order valence-electron chi connectivity index (χ4n) is 2.08. The van der Waals surface area contributed by atoms with E-state index in [9.17, 15) is 9.59 Å². The maximum Gasteiger partial charge on any atom is 0.338 e. The molecule has 0 N–H and O–H groups in total. The summed E-state index contributed by atoms with van der Waals surface area (Å²) in [5.74, 6) is 0.0851. The average molecular weight is 312 g/mol. The zero-order chi connectivity index (χ0) is 16.8. The van der Waals surface area contributed by atoms with Gasteiger partial charge in [0.05, 0.1) is 11.7 Å². The van der Waals surface area contributed by atoms with Crippen LogP contribution in [0.4, 0.5) is 0 Å². The summed E-state index contributed by atoms with van der Waals surface area (Å²) in [5, 5.41) is 0. The van der Waals surface area contributed by atoms with Crippen LogP contribution in [0.2, 0.25) is 0 Å². The number of esters is 1. The molecule has 0 saturated heterocycles. The molecule has 0 radical (unpaired) electrons. The van der Waals surface area contributed by atoms with Crippen LogP contribution in [0.3, 0.4) is 0 Å². The first kappa shape index (κ1) is 16.7. The molecule has 0 saturated carbocycles. The third-order valence-electron chi connectivity index (χ3n) is 3.25. The number of carbonyl (C=O) groups is 2. The molecule has 0 aliphatic heterocycles. The summed E-state index contributed by atoms with van der Waals surface area (Å²) in [6.07, 6.45) is -0.162. The summed E-state index contributed by atoms with van der Waals surface area (Å²) >= 11 is 0. The van der Waals surface area contributed by atoms with Gasteiger partial charge in [0, 0.05) is 5.56 Å². The largest absolute Gasteiger partial charge is 0.485 e. The van der Waals surface area contributed by atoms with Gasteiger partial charge < -0.3 is 9.47 Å². The number of aryl methyl sites for hydroxylation is 1. The highest BCUT2D eigenvalue weighted by Gasteiger charge is 2.11. The van der Waals surface area contributed by atoms with Gasteiger partial charge in [-0.3, -0.25) is 4.79 Å². The molecule has 0 spiro atoms. The van der Waals surface area contributed by atoms with E-state index < -0.39 is 0 Å². The number of ketones is 1. The zero-order valence-corrected chi connectivity index (χ0v) is 13.5. The minimum Gasteiger partial charge on any atom is -0.485 e. The van der Waals surface area contributed by atoms with Gasteiger partial charge in [0.25, 0.3) is 0 Å². The molecule has 0 heterocycles. The van der Waals surface area contributed by atoms with Crippen molar-refractivity contribution in [2.24, 2.45) is 0 Å². The van der Waals surface area contributed by atoms with Gasteiger partial charge >= 0.3 is 5.97 Å².